The van der Waals surface area contributed by atoms with E-state index < -0.39 is 0 Å². The molecule has 0 atom stereocenters. The average molecular weight is 376 g/mol. The number of aliphatic imine (C=N–C) groups is 1. The monoisotopic (exact) mass is 375 g/mol. The lowest BCUT2D eigenvalue weighted by Crippen LogP contribution is -2.52. The summed E-state index contributed by atoms with van der Waals surface area (Å²) in [5.74, 6) is 2.34. The Kier molecular flexibility index (Phi) is 6.71. The van der Waals surface area contributed by atoms with E-state index in [4.69, 9.17) is 4.98 Å². The zero-order chi connectivity index (χ0) is 19.2. The van der Waals surface area contributed by atoms with Crippen LogP contribution >= 0.6 is 0 Å². The summed E-state index contributed by atoms with van der Waals surface area (Å²) in [5, 5.41) is 3.47. The van der Waals surface area contributed by atoms with Gasteiger partial charge in [0, 0.05) is 79.5 Å². The number of imidazole rings is 1. The molecule has 1 aromatic rings. The molecule has 3 heterocycles. The fraction of sp³-hybridized carbons (Fsp3) is 0.737. The van der Waals surface area contributed by atoms with E-state index in [0.29, 0.717) is 13.0 Å². The lowest BCUT2D eigenvalue weighted by atomic mass is 10.2. The fourth-order valence-electron chi connectivity index (χ4n) is 3.72. The van der Waals surface area contributed by atoms with Crippen LogP contribution in [0.5, 0.6) is 0 Å². The normalized spacial score (nSPS) is 18.3. The lowest BCUT2D eigenvalue weighted by molar-refractivity contribution is -0.129. The van der Waals surface area contributed by atoms with E-state index in [0.717, 1.165) is 57.3 Å². The van der Waals surface area contributed by atoms with Crippen molar-refractivity contribution in [2.45, 2.75) is 38.8 Å². The maximum atomic E-state index is 11.7. The Balaban J connectivity index is 1.44. The SMILES string of the molecule is CN=C(NCc1cn2c(n1)CCCC2)N1CCN(CCC(=O)N(C)C)CC1. The molecular formula is C19H33N7O. The molecule has 1 aromatic heterocycles. The molecule has 3 rings (SSSR count). The van der Waals surface area contributed by atoms with Crippen LogP contribution < -0.4 is 5.32 Å². The maximum absolute atomic E-state index is 11.7. The van der Waals surface area contributed by atoms with Crippen LogP contribution in [0.25, 0.3) is 0 Å². The summed E-state index contributed by atoms with van der Waals surface area (Å²) >= 11 is 0. The Morgan fingerprint density at radius 3 is 2.67 bits per heavy atom. The van der Waals surface area contributed by atoms with E-state index in [2.05, 4.69) is 30.9 Å². The van der Waals surface area contributed by atoms with Crippen molar-refractivity contribution < 1.29 is 4.79 Å². The fourth-order valence-corrected chi connectivity index (χ4v) is 3.72. The molecule has 1 N–H and O–H groups in total. The van der Waals surface area contributed by atoms with Crippen molar-refractivity contribution in [1.82, 2.24) is 29.6 Å². The van der Waals surface area contributed by atoms with Crippen molar-refractivity contribution in [2.75, 3.05) is 53.9 Å². The van der Waals surface area contributed by atoms with Crippen LogP contribution in [-0.2, 0) is 24.3 Å². The number of piperazine rings is 1. The van der Waals surface area contributed by atoms with Crippen LogP contribution in [0.2, 0.25) is 0 Å². The number of guanidine groups is 1. The number of aryl methyl sites for hydroxylation is 2. The second-order valence-electron chi connectivity index (χ2n) is 7.57. The van der Waals surface area contributed by atoms with E-state index in [1.807, 2.05) is 21.1 Å². The summed E-state index contributed by atoms with van der Waals surface area (Å²) in [5.41, 5.74) is 1.09. The summed E-state index contributed by atoms with van der Waals surface area (Å²) in [6.45, 7) is 6.40. The van der Waals surface area contributed by atoms with Crippen molar-refractivity contribution in [2.24, 2.45) is 4.99 Å². The largest absolute Gasteiger partial charge is 0.351 e. The van der Waals surface area contributed by atoms with Crippen molar-refractivity contribution in [3.63, 3.8) is 0 Å². The van der Waals surface area contributed by atoms with Crippen molar-refractivity contribution in [1.29, 1.82) is 0 Å². The van der Waals surface area contributed by atoms with Crippen LogP contribution in [0, 0.1) is 0 Å². The highest BCUT2D eigenvalue weighted by molar-refractivity contribution is 5.80. The molecule has 0 radical (unpaired) electrons. The Hall–Kier alpha value is -2.09. The Morgan fingerprint density at radius 2 is 2.00 bits per heavy atom. The molecule has 1 amide bonds. The molecule has 8 nitrogen and oxygen atoms in total. The number of carbonyl (C=O) groups excluding carboxylic acids is 1. The zero-order valence-electron chi connectivity index (χ0n) is 16.9. The minimum atomic E-state index is 0.192. The van der Waals surface area contributed by atoms with Gasteiger partial charge in [0.15, 0.2) is 5.96 Å². The number of nitrogens with zero attached hydrogens (tertiary/aromatic N) is 6. The second kappa shape index (κ2) is 9.21. The van der Waals surface area contributed by atoms with Gasteiger partial charge in [-0.15, -0.1) is 0 Å². The first-order valence-corrected chi connectivity index (χ1v) is 10.00. The molecule has 2 aliphatic rings. The number of amides is 1. The molecule has 0 bridgehead atoms. The van der Waals surface area contributed by atoms with Gasteiger partial charge in [0.2, 0.25) is 5.91 Å². The Bertz CT molecular complexity index is 636. The van der Waals surface area contributed by atoms with Gasteiger partial charge in [-0.3, -0.25) is 14.7 Å². The molecule has 0 unspecified atom stereocenters. The first-order valence-electron chi connectivity index (χ1n) is 10.00. The average Bonchev–Trinajstić information content (AvgIpc) is 3.10. The summed E-state index contributed by atoms with van der Waals surface area (Å²) in [6, 6.07) is 0. The molecule has 1 fully saturated rings. The summed E-state index contributed by atoms with van der Waals surface area (Å²) in [4.78, 5) is 27.3. The first-order chi connectivity index (χ1) is 13.1. The van der Waals surface area contributed by atoms with Crippen LogP contribution in [0.3, 0.4) is 0 Å². The molecule has 0 aliphatic carbocycles. The highest BCUT2D eigenvalue weighted by Gasteiger charge is 2.20. The van der Waals surface area contributed by atoms with Crippen LogP contribution in [0.15, 0.2) is 11.2 Å². The van der Waals surface area contributed by atoms with E-state index in [-0.39, 0.29) is 5.91 Å². The van der Waals surface area contributed by atoms with E-state index in [1.54, 1.807) is 4.90 Å². The lowest BCUT2D eigenvalue weighted by Gasteiger charge is -2.36. The van der Waals surface area contributed by atoms with Gasteiger partial charge >= 0.3 is 0 Å². The predicted molar refractivity (Wildman–Crippen MR) is 107 cm³/mol. The molecule has 0 aromatic carbocycles. The molecule has 1 saturated heterocycles. The second-order valence-corrected chi connectivity index (χ2v) is 7.57. The zero-order valence-corrected chi connectivity index (χ0v) is 16.9. The van der Waals surface area contributed by atoms with E-state index in [9.17, 15) is 4.79 Å². The molecular weight excluding hydrogens is 342 g/mol. The molecule has 0 saturated carbocycles. The van der Waals surface area contributed by atoms with Gasteiger partial charge in [-0.25, -0.2) is 4.98 Å². The topological polar surface area (TPSA) is 69.0 Å². The molecule has 150 valence electrons. The van der Waals surface area contributed by atoms with Crippen molar-refractivity contribution >= 4 is 11.9 Å². The number of fused-ring (bicyclic) bond motifs is 1. The molecule has 2 aliphatic heterocycles. The number of aromatic nitrogens is 2. The Morgan fingerprint density at radius 1 is 1.22 bits per heavy atom. The van der Waals surface area contributed by atoms with Gasteiger partial charge in [-0.05, 0) is 12.8 Å². The molecule has 0 spiro atoms. The highest BCUT2D eigenvalue weighted by atomic mass is 16.2. The number of carbonyl (C=O) groups is 1. The van der Waals surface area contributed by atoms with E-state index >= 15 is 0 Å². The first kappa shape index (κ1) is 19.7. The quantitative estimate of drug-likeness (QED) is 0.596. The number of nitrogens with one attached hydrogen (secondary N) is 1. The Labute approximate surface area is 162 Å². The summed E-state index contributed by atoms with van der Waals surface area (Å²) < 4.78 is 2.29. The predicted octanol–water partition coefficient (Wildman–Crippen LogP) is 0.391. The van der Waals surface area contributed by atoms with Gasteiger partial charge in [-0.1, -0.05) is 0 Å². The van der Waals surface area contributed by atoms with Crippen molar-refractivity contribution in [3.05, 3.63) is 17.7 Å². The molecule has 27 heavy (non-hydrogen) atoms. The standard InChI is InChI=1S/C19H33N7O/c1-20-19(21-14-16-15-26-8-5-4-6-17(26)22-16)25-12-10-24(11-13-25)9-7-18(27)23(2)3/h15H,4-14H2,1-3H3,(H,20,21). The van der Waals surface area contributed by atoms with E-state index in [1.165, 1.54) is 18.7 Å². The highest BCUT2D eigenvalue weighted by Crippen LogP contribution is 2.14. The van der Waals surface area contributed by atoms with Crippen molar-refractivity contribution in [3.8, 4) is 0 Å². The van der Waals surface area contributed by atoms with Gasteiger partial charge in [-0.2, -0.15) is 0 Å². The number of hydrogen-bond acceptors (Lipinski definition) is 4. The van der Waals surface area contributed by atoms with Gasteiger partial charge in [0.05, 0.1) is 12.2 Å². The van der Waals surface area contributed by atoms with Crippen LogP contribution in [0.4, 0.5) is 0 Å². The third kappa shape index (κ3) is 5.22. The van der Waals surface area contributed by atoms with Gasteiger partial charge in [0.25, 0.3) is 0 Å². The van der Waals surface area contributed by atoms with Crippen LogP contribution in [-0.4, -0.2) is 90.0 Å². The third-order valence-corrected chi connectivity index (χ3v) is 5.41. The minimum absolute atomic E-state index is 0.192. The van der Waals surface area contributed by atoms with Gasteiger partial charge in [0.1, 0.15) is 5.82 Å². The smallest absolute Gasteiger partial charge is 0.223 e. The summed E-state index contributed by atoms with van der Waals surface area (Å²) in [6.07, 6.45) is 6.35. The minimum Gasteiger partial charge on any atom is -0.351 e. The summed E-state index contributed by atoms with van der Waals surface area (Å²) in [7, 11) is 5.46. The third-order valence-electron chi connectivity index (χ3n) is 5.41. The van der Waals surface area contributed by atoms with Gasteiger partial charge < -0.3 is 19.7 Å². The maximum Gasteiger partial charge on any atom is 0.223 e. The number of rotatable bonds is 5. The number of hydrogen-bond donors (Lipinski definition) is 1. The van der Waals surface area contributed by atoms with Crippen LogP contribution in [0.1, 0.15) is 30.8 Å². The molecule has 8 heteroatoms.